The maximum absolute atomic E-state index is 13.3. The van der Waals surface area contributed by atoms with Crippen LogP contribution in [0.3, 0.4) is 0 Å². The fourth-order valence-corrected chi connectivity index (χ4v) is 4.69. The number of rotatable bonds is 16. The minimum absolute atomic E-state index is 0.0909. The van der Waals surface area contributed by atoms with E-state index in [1.807, 2.05) is 41.5 Å². The zero-order valence-electron chi connectivity index (χ0n) is 27.3. The molecule has 1 aromatic carbocycles. The number of carbonyl (C=O) groups excluding carboxylic acids is 4. The van der Waals surface area contributed by atoms with Gasteiger partial charge in [-0.2, -0.15) is 0 Å². The first-order chi connectivity index (χ1) is 20.7. The Morgan fingerprint density at radius 2 is 1.57 bits per heavy atom. The molecule has 242 valence electrons. The number of nitrogens with one attached hydrogen (secondary N) is 3. The zero-order valence-corrected chi connectivity index (χ0v) is 27.3. The van der Waals surface area contributed by atoms with Crippen LogP contribution in [0.1, 0.15) is 87.7 Å². The summed E-state index contributed by atoms with van der Waals surface area (Å²) in [6, 6.07) is 5.09. The summed E-state index contributed by atoms with van der Waals surface area (Å²) in [5.41, 5.74) is 1.26. The standard InChI is InChI=1S/C33H50N6O5/c1-20(2)14-27(28(40)15-23(7)30(41)38-29(22(5)6)32(43)36-17-21(3)4)37-31(42)24-10-9-11-25(16-24)33(44)39(8)19-26-18-34-12-13-35-26/h9-13,16,18,20-23,27-29,40H,14-15,17,19H2,1-8H3,(H,36,43)(H,37,42)(H,38,41). The third-order valence-corrected chi connectivity index (χ3v) is 7.21. The average Bonchev–Trinajstić information content (AvgIpc) is 2.97. The SMILES string of the molecule is CC(C)CNC(=O)C(NC(=O)C(C)CC(O)C(CC(C)C)NC(=O)c1cccc(C(=O)N(C)Cc2cnccn2)c1)C(C)C. The minimum Gasteiger partial charge on any atom is -0.391 e. The van der Waals surface area contributed by atoms with E-state index in [1.54, 1.807) is 50.8 Å². The molecule has 4 unspecified atom stereocenters. The molecule has 11 nitrogen and oxygen atoms in total. The molecule has 4 atom stereocenters. The van der Waals surface area contributed by atoms with Gasteiger partial charge in [0.05, 0.1) is 30.6 Å². The van der Waals surface area contributed by atoms with Crippen LogP contribution in [-0.2, 0) is 16.1 Å². The van der Waals surface area contributed by atoms with Crippen molar-refractivity contribution in [3.63, 3.8) is 0 Å². The van der Waals surface area contributed by atoms with Crippen molar-refractivity contribution in [1.82, 2.24) is 30.8 Å². The van der Waals surface area contributed by atoms with E-state index in [0.29, 0.717) is 24.2 Å². The molecule has 1 heterocycles. The third-order valence-electron chi connectivity index (χ3n) is 7.21. The lowest BCUT2D eigenvalue weighted by molar-refractivity contribution is -0.132. The summed E-state index contributed by atoms with van der Waals surface area (Å²) in [6.45, 7) is 14.2. The van der Waals surface area contributed by atoms with E-state index in [2.05, 4.69) is 25.9 Å². The molecule has 11 heteroatoms. The molecule has 0 fully saturated rings. The number of hydrogen-bond donors (Lipinski definition) is 4. The number of aliphatic hydroxyl groups is 1. The molecule has 2 rings (SSSR count). The molecule has 2 aromatic rings. The summed E-state index contributed by atoms with van der Waals surface area (Å²) in [4.78, 5) is 61.8. The Kier molecular flexibility index (Phi) is 14.4. The van der Waals surface area contributed by atoms with Crippen LogP contribution in [0.2, 0.25) is 0 Å². The number of benzene rings is 1. The lowest BCUT2D eigenvalue weighted by Crippen LogP contribution is -2.52. The Labute approximate surface area is 261 Å². The Hall–Kier alpha value is -3.86. The smallest absolute Gasteiger partial charge is 0.253 e. The second-order valence-corrected chi connectivity index (χ2v) is 12.7. The van der Waals surface area contributed by atoms with Crippen LogP contribution in [0.25, 0.3) is 0 Å². The number of aliphatic hydroxyl groups excluding tert-OH is 1. The molecule has 0 aliphatic rings. The van der Waals surface area contributed by atoms with E-state index in [4.69, 9.17) is 0 Å². The second-order valence-electron chi connectivity index (χ2n) is 12.7. The Balaban J connectivity index is 2.08. The van der Waals surface area contributed by atoms with Gasteiger partial charge in [0.25, 0.3) is 11.8 Å². The van der Waals surface area contributed by atoms with Gasteiger partial charge < -0.3 is 26.0 Å². The lowest BCUT2D eigenvalue weighted by atomic mass is 9.91. The zero-order chi connectivity index (χ0) is 33.0. The molecule has 1 aromatic heterocycles. The highest BCUT2D eigenvalue weighted by Gasteiger charge is 2.30. The topological polar surface area (TPSA) is 154 Å². The van der Waals surface area contributed by atoms with Crippen molar-refractivity contribution in [3.05, 3.63) is 59.7 Å². The lowest BCUT2D eigenvalue weighted by Gasteiger charge is -2.29. The highest BCUT2D eigenvalue weighted by atomic mass is 16.3. The van der Waals surface area contributed by atoms with Crippen LogP contribution in [-0.4, -0.2) is 75.4 Å². The van der Waals surface area contributed by atoms with Gasteiger partial charge in [-0.3, -0.25) is 29.1 Å². The number of amides is 4. The van der Waals surface area contributed by atoms with Crippen LogP contribution in [0.15, 0.2) is 42.9 Å². The molecule has 0 radical (unpaired) electrons. The largest absolute Gasteiger partial charge is 0.391 e. The quantitative estimate of drug-likeness (QED) is 0.228. The fraction of sp³-hybridized carbons (Fsp3) is 0.576. The predicted octanol–water partition coefficient (Wildman–Crippen LogP) is 3.19. The number of hydrogen-bond acceptors (Lipinski definition) is 7. The Morgan fingerprint density at radius 1 is 0.886 bits per heavy atom. The van der Waals surface area contributed by atoms with Gasteiger partial charge in [0.15, 0.2) is 0 Å². The van der Waals surface area contributed by atoms with Gasteiger partial charge in [0.1, 0.15) is 6.04 Å². The number of nitrogens with zero attached hydrogens (tertiary/aromatic N) is 3. The van der Waals surface area contributed by atoms with Crippen molar-refractivity contribution < 1.29 is 24.3 Å². The molecule has 0 bridgehead atoms. The maximum Gasteiger partial charge on any atom is 0.253 e. The van der Waals surface area contributed by atoms with E-state index in [1.165, 1.54) is 11.0 Å². The van der Waals surface area contributed by atoms with Crippen LogP contribution < -0.4 is 16.0 Å². The highest BCUT2D eigenvalue weighted by Crippen LogP contribution is 2.18. The summed E-state index contributed by atoms with van der Waals surface area (Å²) in [7, 11) is 1.65. The number of aromatic nitrogens is 2. The Morgan fingerprint density at radius 3 is 2.16 bits per heavy atom. The van der Waals surface area contributed by atoms with Crippen LogP contribution in [0, 0.1) is 23.7 Å². The fourth-order valence-electron chi connectivity index (χ4n) is 4.69. The molecule has 4 amide bonds. The van der Waals surface area contributed by atoms with Crippen molar-refractivity contribution in [1.29, 1.82) is 0 Å². The molecule has 0 spiro atoms. The van der Waals surface area contributed by atoms with Crippen molar-refractivity contribution in [2.75, 3.05) is 13.6 Å². The summed E-state index contributed by atoms with van der Waals surface area (Å²) >= 11 is 0. The first-order valence-electron chi connectivity index (χ1n) is 15.4. The molecule has 44 heavy (non-hydrogen) atoms. The molecule has 0 aliphatic heterocycles. The van der Waals surface area contributed by atoms with Gasteiger partial charge >= 0.3 is 0 Å². The number of carbonyl (C=O) groups is 4. The molecular formula is C33H50N6O5. The van der Waals surface area contributed by atoms with E-state index < -0.39 is 30.0 Å². The third kappa shape index (κ3) is 11.7. The summed E-state index contributed by atoms with van der Waals surface area (Å²) in [6.07, 6.45) is 4.26. The van der Waals surface area contributed by atoms with Crippen molar-refractivity contribution in [2.45, 2.75) is 86.0 Å². The van der Waals surface area contributed by atoms with Crippen LogP contribution in [0.4, 0.5) is 0 Å². The van der Waals surface area contributed by atoms with E-state index in [-0.39, 0.29) is 54.0 Å². The van der Waals surface area contributed by atoms with Gasteiger partial charge in [-0.15, -0.1) is 0 Å². The van der Waals surface area contributed by atoms with Gasteiger partial charge in [0.2, 0.25) is 11.8 Å². The molecular weight excluding hydrogens is 560 g/mol. The normalized spacial score (nSPS) is 14.1. The molecule has 0 saturated carbocycles. The van der Waals surface area contributed by atoms with Crippen LogP contribution in [0.5, 0.6) is 0 Å². The first kappa shape index (κ1) is 36.3. The van der Waals surface area contributed by atoms with E-state index in [9.17, 15) is 24.3 Å². The van der Waals surface area contributed by atoms with E-state index in [0.717, 1.165) is 0 Å². The van der Waals surface area contributed by atoms with Crippen molar-refractivity contribution in [3.8, 4) is 0 Å². The van der Waals surface area contributed by atoms with Gasteiger partial charge in [0, 0.05) is 43.0 Å². The molecule has 0 saturated heterocycles. The van der Waals surface area contributed by atoms with E-state index >= 15 is 0 Å². The van der Waals surface area contributed by atoms with Gasteiger partial charge in [-0.25, -0.2) is 0 Å². The minimum atomic E-state index is -1.02. The monoisotopic (exact) mass is 610 g/mol. The average molecular weight is 611 g/mol. The maximum atomic E-state index is 13.3. The first-order valence-corrected chi connectivity index (χ1v) is 15.4. The highest BCUT2D eigenvalue weighted by molar-refractivity contribution is 5.99. The summed E-state index contributed by atoms with van der Waals surface area (Å²) in [5, 5.41) is 19.8. The van der Waals surface area contributed by atoms with Gasteiger partial charge in [-0.1, -0.05) is 54.5 Å². The summed E-state index contributed by atoms with van der Waals surface area (Å²) in [5.74, 6) is -1.58. The molecule has 4 N–H and O–H groups in total. The van der Waals surface area contributed by atoms with Crippen LogP contribution >= 0.6 is 0 Å². The van der Waals surface area contributed by atoms with Crippen molar-refractivity contribution in [2.24, 2.45) is 23.7 Å². The Bertz CT molecular complexity index is 1240. The molecule has 0 aliphatic carbocycles. The van der Waals surface area contributed by atoms with Gasteiger partial charge in [-0.05, 0) is 48.8 Å². The predicted molar refractivity (Wildman–Crippen MR) is 169 cm³/mol. The summed E-state index contributed by atoms with van der Waals surface area (Å²) < 4.78 is 0. The van der Waals surface area contributed by atoms with Crippen molar-refractivity contribution >= 4 is 23.6 Å². The second kappa shape index (κ2) is 17.4.